The van der Waals surface area contributed by atoms with Crippen LogP contribution in [0.5, 0.6) is 0 Å². The standard InChI is InChI=1S/C16H24N2OS/c1-18(14-5-3-2-4-6-14)11-15(19)12-7-9-13(10-8-12)16(17)20/h7-10,14-15,19H,2-6,11H2,1H3,(H2,17,20). The van der Waals surface area contributed by atoms with Crippen molar-refractivity contribution in [2.45, 2.75) is 44.2 Å². The fraction of sp³-hybridized carbons (Fsp3) is 0.562. The first-order chi connectivity index (χ1) is 9.58. The van der Waals surface area contributed by atoms with E-state index in [2.05, 4.69) is 11.9 Å². The predicted molar refractivity (Wildman–Crippen MR) is 86.8 cm³/mol. The van der Waals surface area contributed by atoms with Crippen molar-refractivity contribution in [2.24, 2.45) is 5.73 Å². The molecule has 0 bridgehead atoms. The number of benzene rings is 1. The zero-order chi connectivity index (χ0) is 14.5. The Hall–Kier alpha value is -0.970. The maximum Gasteiger partial charge on any atom is 0.103 e. The Morgan fingerprint density at radius 2 is 1.90 bits per heavy atom. The van der Waals surface area contributed by atoms with E-state index in [9.17, 15) is 5.11 Å². The zero-order valence-corrected chi connectivity index (χ0v) is 12.9. The summed E-state index contributed by atoms with van der Waals surface area (Å²) in [6.45, 7) is 0.678. The van der Waals surface area contributed by atoms with Gasteiger partial charge in [-0.25, -0.2) is 0 Å². The van der Waals surface area contributed by atoms with Gasteiger partial charge in [-0.2, -0.15) is 0 Å². The molecular weight excluding hydrogens is 268 g/mol. The number of aliphatic hydroxyl groups excluding tert-OH is 1. The quantitative estimate of drug-likeness (QED) is 0.819. The van der Waals surface area contributed by atoms with Crippen LogP contribution in [0, 0.1) is 0 Å². The number of rotatable bonds is 5. The highest BCUT2D eigenvalue weighted by Gasteiger charge is 2.20. The van der Waals surface area contributed by atoms with Crippen LogP contribution in [-0.4, -0.2) is 34.6 Å². The molecule has 1 aromatic rings. The summed E-state index contributed by atoms with van der Waals surface area (Å²) in [7, 11) is 2.11. The van der Waals surface area contributed by atoms with Crippen molar-refractivity contribution in [1.29, 1.82) is 0 Å². The Bertz CT molecular complexity index is 440. The predicted octanol–water partition coefficient (Wildman–Crippen LogP) is 2.62. The van der Waals surface area contributed by atoms with Crippen LogP contribution in [0.15, 0.2) is 24.3 Å². The van der Waals surface area contributed by atoms with Gasteiger partial charge in [-0.15, -0.1) is 0 Å². The lowest BCUT2D eigenvalue weighted by Gasteiger charge is -2.32. The summed E-state index contributed by atoms with van der Waals surface area (Å²) in [6, 6.07) is 8.19. The molecule has 3 nitrogen and oxygen atoms in total. The molecule has 1 aliphatic rings. The van der Waals surface area contributed by atoms with Crippen LogP contribution in [0.3, 0.4) is 0 Å². The molecule has 0 aliphatic heterocycles. The van der Waals surface area contributed by atoms with Crippen LogP contribution in [-0.2, 0) is 0 Å². The third-order valence-corrected chi connectivity index (χ3v) is 4.47. The van der Waals surface area contributed by atoms with Crippen LogP contribution < -0.4 is 5.73 Å². The number of hydrogen-bond donors (Lipinski definition) is 2. The second-order valence-corrected chi connectivity index (χ2v) is 6.17. The molecule has 0 saturated heterocycles. The van der Waals surface area contributed by atoms with E-state index in [-0.39, 0.29) is 0 Å². The first-order valence-electron chi connectivity index (χ1n) is 7.36. The first-order valence-corrected chi connectivity index (χ1v) is 7.77. The highest BCUT2D eigenvalue weighted by atomic mass is 32.1. The van der Waals surface area contributed by atoms with Crippen molar-refractivity contribution >= 4 is 17.2 Å². The maximum absolute atomic E-state index is 10.3. The van der Waals surface area contributed by atoms with Crippen LogP contribution in [0.1, 0.15) is 49.3 Å². The molecule has 1 aliphatic carbocycles. The highest BCUT2D eigenvalue weighted by molar-refractivity contribution is 7.80. The SMILES string of the molecule is CN(CC(O)c1ccc(C(N)=S)cc1)C1CCCCC1. The van der Waals surface area contributed by atoms with E-state index >= 15 is 0 Å². The Balaban J connectivity index is 1.93. The van der Waals surface area contributed by atoms with E-state index in [1.807, 2.05) is 24.3 Å². The van der Waals surface area contributed by atoms with Gasteiger partial charge in [0.2, 0.25) is 0 Å². The summed E-state index contributed by atoms with van der Waals surface area (Å²) in [5.41, 5.74) is 7.35. The molecule has 3 N–H and O–H groups in total. The molecule has 0 heterocycles. The zero-order valence-electron chi connectivity index (χ0n) is 12.1. The largest absolute Gasteiger partial charge is 0.389 e. The van der Waals surface area contributed by atoms with Gasteiger partial charge in [-0.3, -0.25) is 0 Å². The number of thiocarbonyl (C=S) groups is 1. The van der Waals surface area contributed by atoms with Crippen molar-refractivity contribution in [3.8, 4) is 0 Å². The van der Waals surface area contributed by atoms with E-state index < -0.39 is 6.10 Å². The number of nitrogens with two attached hydrogens (primary N) is 1. The van der Waals surface area contributed by atoms with E-state index in [1.54, 1.807) is 0 Å². The maximum atomic E-state index is 10.3. The van der Waals surface area contributed by atoms with Gasteiger partial charge >= 0.3 is 0 Å². The highest BCUT2D eigenvalue weighted by Crippen LogP contribution is 2.23. The summed E-state index contributed by atoms with van der Waals surface area (Å²) in [5, 5.41) is 10.3. The molecule has 1 aromatic carbocycles. The minimum atomic E-state index is -0.456. The molecule has 1 atom stereocenters. The van der Waals surface area contributed by atoms with E-state index in [0.29, 0.717) is 17.6 Å². The average molecular weight is 292 g/mol. The number of aliphatic hydroxyl groups is 1. The number of likely N-dealkylation sites (N-methyl/N-ethyl adjacent to an activating group) is 1. The first kappa shape index (κ1) is 15.4. The van der Waals surface area contributed by atoms with Crippen molar-refractivity contribution in [3.05, 3.63) is 35.4 Å². The third kappa shape index (κ3) is 4.01. The Labute approximate surface area is 126 Å². The van der Waals surface area contributed by atoms with Gasteiger partial charge in [0.15, 0.2) is 0 Å². The molecule has 0 aromatic heterocycles. The molecule has 0 spiro atoms. The van der Waals surface area contributed by atoms with Crippen molar-refractivity contribution < 1.29 is 5.11 Å². The Kier molecular flexibility index (Phi) is 5.52. The molecule has 1 fully saturated rings. The lowest BCUT2D eigenvalue weighted by Crippen LogP contribution is -2.36. The second-order valence-electron chi connectivity index (χ2n) is 5.73. The molecule has 20 heavy (non-hydrogen) atoms. The normalized spacial score (nSPS) is 18.1. The summed E-state index contributed by atoms with van der Waals surface area (Å²) >= 11 is 4.93. The molecular formula is C16H24N2OS. The van der Waals surface area contributed by atoms with Gasteiger partial charge < -0.3 is 15.7 Å². The molecule has 1 unspecified atom stereocenters. The molecule has 2 rings (SSSR count). The van der Waals surface area contributed by atoms with Crippen molar-refractivity contribution in [3.63, 3.8) is 0 Å². The molecule has 0 radical (unpaired) electrons. The summed E-state index contributed by atoms with van der Waals surface area (Å²) in [6.07, 6.45) is 6.03. The van der Waals surface area contributed by atoms with Gasteiger partial charge in [-0.05, 0) is 25.5 Å². The fourth-order valence-electron chi connectivity index (χ4n) is 2.92. The molecule has 110 valence electrons. The summed E-state index contributed by atoms with van der Waals surface area (Å²) in [5.74, 6) is 0. The summed E-state index contributed by atoms with van der Waals surface area (Å²) < 4.78 is 0. The minimum absolute atomic E-state index is 0.394. The fourth-order valence-corrected chi connectivity index (χ4v) is 3.05. The molecule has 1 saturated carbocycles. The van der Waals surface area contributed by atoms with E-state index in [0.717, 1.165) is 11.1 Å². The Morgan fingerprint density at radius 1 is 1.30 bits per heavy atom. The minimum Gasteiger partial charge on any atom is -0.389 e. The number of nitrogens with zero attached hydrogens (tertiary/aromatic N) is 1. The summed E-state index contributed by atoms with van der Waals surface area (Å²) in [4.78, 5) is 2.69. The molecule has 0 amide bonds. The van der Waals surface area contributed by atoms with Crippen LogP contribution in [0.25, 0.3) is 0 Å². The topological polar surface area (TPSA) is 49.5 Å². The van der Waals surface area contributed by atoms with Crippen molar-refractivity contribution in [2.75, 3.05) is 13.6 Å². The van der Waals surface area contributed by atoms with Gasteiger partial charge in [0, 0.05) is 18.2 Å². The Morgan fingerprint density at radius 3 is 2.45 bits per heavy atom. The van der Waals surface area contributed by atoms with Gasteiger partial charge in [0.25, 0.3) is 0 Å². The number of hydrogen-bond acceptors (Lipinski definition) is 3. The van der Waals surface area contributed by atoms with Crippen molar-refractivity contribution in [1.82, 2.24) is 4.90 Å². The smallest absolute Gasteiger partial charge is 0.103 e. The lowest BCUT2D eigenvalue weighted by molar-refractivity contribution is 0.0914. The van der Waals surface area contributed by atoms with Crippen LogP contribution in [0.2, 0.25) is 0 Å². The van der Waals surface area contributed by atoms with E-state index in [1.165, 1.54) is 32.1 Å². The van der Waals surface area contributed by atoms with E-state index in [4.69, 9.17) is 18.0 Å². The lowest BCUT2D eigenvalue weighted by atomic mass is 9.94. The molecule has 4 heteroatoms. The van der Waals surface area contributed by atoms with Gasteiger partial charge in [0.05, 0.1) is 6.10 Å². The van der Waals surface area contributed by atoms with Gasteiger partial charge in [0.1, 0.15) is 4.99 Å². The average Bonchev–Trinajstić information content (AvgIpc) is 2.48. The third-order valence-electron chi connectivity index (χ3n) is 4.24. The van der Waals surface area contributed by atoms with Gasteiger partial charge in [-0.1, -0.05) is 55.7 Å². The van der Waals surface area contributed by atoms with Crippen LogP contribution >= 0.6 is 12.2 Å². The monoisotopic (exact) mass is 292 g/mol. The van der Waals surface area contributed by atoms with Crippen LogP contribution in [0.4, 0.5) is 0 Å². The second kappa shape index (κ2) is 7.16.